The second-order valence-electron chi connectivity index (χ2n) is 5.16. The average Bonchev–Trinajstić information content (AvgIpc) is 2.53. The summed E-state index contributed by atoms with van der Waals surface area (Å²) in [6, 6.07) is 3.91. The molecule has 3 heterocycles. The Bertz CT molecular complexity index is 677. The molecule has 2 aromatic rings. The number of carbonyl (C=O) groups excluding carboxylic acids is 1. The molecule has 110 valence electrons. The number of piperidine rings is 1. The van der Waals surface area contributed by atoms with Gasteiger partial charge in [-0.15, -0.1) is 0 Å². The summed E-state index contributed by atoms with van der Waals surface area (Å²) in [6.45, 7) is 1.59. The van der Waals surface area contributed by atoms with E-state index < -0.39 is 0 Å². The lowest BCUT2D eigenvalue weighted by Crippen LogP contribution is -2.39. The molecule has 1 saturated heterocycles. The Kier molecular flexibility index (Phi) is 4.05. The van der Waals surface area contributed by atoms with Gasteiger partial charge in [0.05, 0.1) is 24.2 Å². The zero-order valence-electron chi connectivity index (χ0n) is 11.8. The summed E-state index contributed by atoms with van der Waals surface area (Å²) in [5.74, 6) is -0.198. The van der Waals surface area contributed by atoms with Crippen molar-refractivity contribution < 1.29 is 9.53 Å². The van der Waals surface area contributed by atoms with E-state index in [0.29, 0.717) is 6.54 Å². The molecule has 21 heavy (non-hydrogen) atoms. The fraction of sp³-hybridized carbons (Fsp3) is 0.400. The van der Waals surface area contributed by atoms with Gasteiger partial charge in [0.1, 0.15) is 5.52 Å². The summed E-state index contributed by atoms with van der Waals surface area (Å²) in [5, 5.41) is 0. The Balaban J connectivity index is 1.94. The van der Waals surface area contributed by atoms with Crippen LogP contribution in [0.25, 0.3) is 11.0 Å². The fourth-order valence-electron chi connectivity index (χ4n) is 2.80. The molecule has 1 aliphatic heterocycles. The van der Waals surface area contributed by atoms with E-state index in [0.717, 1.165) is 40.6 Å². The molecule has 5 nitrogen and oxygen atoms in total. The minimum Gasteiger partial charge on any atom is -0.469 e. The van der Waals surface area contributed by atoms with Crippen LogP contribution >= 0.6 is 15.9 Å². The molecular formula is C15H16BrN3O2. The molecule has 1 fully saturated rings. The van der Waals surface area contributed by atoms with E-state index in [-0.39, 0.29) is 11.9 Å². The number of methoxy groups -OCH3 is 1. The van der Waals surface area contributed by atoms with Crippen LogP contribution in [0.15, 0.2) is 29.0 Å². The molecule has 1 unspecified atom stereocenters. The number of halogens is 1. The van der Waals surface area contributed by atoms with Crippen LogP contribution < -0.4 is 4.90 Å². The molecule has 2 aromatic heterocycles. The number of hydrogen-bond donors (Lipinski definition) is 0. The van der Waals surface area contributed by atoms with Crippen LogP contribution in [0.5, 0.6) is 0 Å². The highest BCUT2D eigenvalue weighted by Crippen LogP contribution is 2.29. The van der Waals surface area contributed by atoms with Crippen LogP contribution in [0.2, 0.25) is 0 Å². The second-order valence-corrected chi connectivity index (χ2v) is 6.08. The van der Waals surface area contributed by atoms with Gasteiger partial charge in [0, 0.05) is 30.0 Å². The van der Waals surface area contributed by atoms with Crippen LogP contribution in [-0.4, -0.2) is 36.1 Å². The van der Waals surface area contributed by atoms with Crippen LogP contribution in [-0.2, 0) is 9.53 Å². The summed E-state index contributed by atoms with van der Waals surface area (Å²) in [5.41, 5.74) is 2.74. The molecule has 6 heteroatoms. The van der Waals surface area contributed by atoms with Gasteiger partial charge in [0.2, 0.25) is 0 Å². The largest absolute Gasteiger partial charge is 0.469 e. The predicted octanol–water partition coefficient (Wildman–Crippen LogP) is 2.78. The van der Waals surface area contributed by atoms with Gasteiger partial charge in [-0.3, -0.25) is 14.8 Å². The lowest BCUT2D eigenvalue weighted by atomic mass is 9.97. The Morgan fingerprint density at radius 2 is 2.33 bits per heavy atom. The van der Waals surface area contributed by atoms with Crippen molar-refractivity contribution in [2.24, 2.45) is 5.92 Å². The Morgan fingerprint density at radius 1 is 1.48 bits per heavy atom. The lowest BCUT2D eigenvalue weighted by Gasteiger charge is -2.33. The minimum absolute atomic E-state index is 0.0672. The molecule has 1 atom stereocenters. The molecule has 0 saturated carbocycles. The Hall–Kier alpha value is -1.69. The van der Waals surface area contributed by atoms with Crippen molar-refractivity contribution in [1.82, 2.24) is 9.97 Å². The number of aromatic nitrogens is 2. The van der Waals surface area contributed by atoms with Gasteiger partial charge in [-0.1, -0.05) is 0 Å². The quantitative estimate of drug-likeness (QED) is 0.780. The summed E-state index contributed by atoms with van der Waals surface area (Å²) in [7, 11) is 1.45. The fourth-order valence-corrected chi connectivity index (χ4v) is 3.12. The first-order valence-electron chi connectivity index (χ1n) is 6.92. The monoisotopic (exact) mass is 349 g/mol. The smallest absolute Gasteiger partial charge is 0.310 e. The van der Waals surface area contributed by atoms with E-state index in [9.17, 15) is 4.79 Å². The highest BCUT2D eigenvalue weighted by molar-refractivity contribution is 9.10. The van der Waals surface area contributed by atoms with Crippen LogP contribution in [0.3, 0.4) is 0 Å². The molecule has 0 bridgehead atoms. The number of pyridine rings is 2. The van der Waals surface area contributed by atoms with Gasteiger partial charge in [0.25, 0.3) is 0 Å². The maximum absolute atomic E-state index is 11.8. The highest BCUT2D eigenvalue weighted by atomic mass is 79.9. The van der Waals surface area contributed by atoms with Crippen molar-refractivity contribution >= 4 is 38.6 Å². The molecule has 0 aliphatic carbocycles. The zero-order valence-corrected chi connectivity index (χ0v) is 13.3. The summed E-state index contributed by atoms with van der Waals surface area (Å²) in [6.07, 6.45) is 5.41. The van der Waals surface area contributed by atoms with E-state index in [4.69, 9.17) is 4.74 Å². The number of anilines is 1. The SMILES string of the molecule is COC(=O)C1CCCN(c2ccnc3cc(Br)cnc23)C1. The number of hydrogen-bond acceptors (Lipinski definition) is 5. The standard InChI is InChI=1S/C15H16BrN3O2/c1-21-15(20)10-3-2-6-19(9-10)13-4-5-17-12-7-11(16)8-18-14(12)13/h4-5,7-8,10H,2-3,6,9H2,1H3. The van der Waals surface area contributed by atoms with Crippen LogP contribution in [0, 0.1) is 5.92 Å². The number of nitrogens with zero attached hydrogens (tertiary/aromatic N) is 3. The van der Waals surface area contributed by atoms with Crippen molar-refractivity contribution in [2.75, 3.05) is 25.1 Å². The van der Waals surface area contributed by atoms with E-state index in [1.807, 2.05) is 12.1 Å². The molecule has 0 radical (unpaired) electrons. The minimum atomic E-state index is -0.131. The number of carbonyl (C=O) groups is 1. The number of esters is 1. The number of fused-ring (bicyclic) bond motifs is 1. The van der Waals surface area contributed by atoms with Gasteiger partial charge >= 0.3 is 5.97 Å². The van der Waals surface area contributed by atoms with E-state index in [1.165, 1.54) is 7.11 Å². The van der Waals surface area contributed by atoms with E-state index in [2.05, 4.69) is 30.8 Å². The van der Waals surface area contributed by atoms with Gasteiger partial charge in [0.15, 0.2) is 0 Å². The molecule has 0 aromatic carbocycles. The van der Waals surface area contributed by atoms with Crippen molar-refractivity contribution in [3.05, 3.63) is 29.0 Å². The van der Waals surface area contributed by atoms with Crippen molar-refractivity contribution in [1.29, 1.82) is 0 Å². The summed E-state index contributed by atoms with van der Waals surface area (Å²) >= 11 is 3.41. The molecule has 0 amide bonds. The molecular weight excluding hydrogens is 334 g/mol. The van der Waals surface area contributed by atoms with Crippen LogP contribution in [0.4, 0.5) is 5.69 Å². The maximum atomic E-state index is 11.8. The molecule has 1 aliphatic rings. The highest BCUT2D eigenvalue weighted by Gasteiger charge is 2.27. The third-order valence-electron chi connectivity index (χ3n) is 3.82. The first kappa shape index (κ1) is 14.3. The van der Waals surface area contributed by atoms with Gasteiger partial charge in [-0.2, -0.15) is 0 Å². The Morgan fingerprint density at radius 3 is 3.14 bits per heavy atom. The summed E-state index contributed by atoms with van der Waals surface area (Å²) in [4.78, 5) is 22.8. The molecule has 0 spiro atoms. The average molecular weight is 350 g/mol. The third-order valence-corrected chi connectivity index (χ3v) is 4.25. The lowest BCUT2D eigenvalue weighted by molar-refractivity contribution is -0.145. The van der Waals surface area contributed by atoms with Gasteiger partial charge in [-0.25, -0.2) is 0 Å². The number of rotatable bonds is 2. The first-order chi connectivity index (χ1) is 10.2. The van der Waals surface area contributed by atoms with Gasteiger partial charge in [-0.05, 0) is 40.9 Å². The van der Waals surface area contributed by atoms with Crippen molar-refractivity contribution in [2.45, 2.75) is 12.8 Å². The van der Waals surface area contributed by atoms with Crippen molar-refractivity contribution in [3.8, 4) is 0 Å². The Labute approximate surface area is 131 Å². The topological polar surface area (TPSA) is 55.3 Å². The molecule has 3 rings (SSSR count). The van der Waals surface area contributed by atoms with Gasteiger partial charge < -0.3 is 9.64 Å². The first-order valence-corrected chi connectivity index (χ1v) is 7.71. The zero-order chi connectivity index (χ0) is 14.8. The van der Waals surface area contributed by atoms with Crippen molar-refractivity contribution in [3.63, 3.8) is 0 Å². The summed E-state index contributed by atoms with van der Waals surface area (Å²) < 4.78 is 5.79. The maximum Gasteiger partial charge on any atom is 0.310 e. The molecule has 0 N–H and O–H groups in total. The second kappa shape index (κ2) is 5.97. The van der Waals surface area contributed by atoms with E-state index in [1.54, 1.807) is 12.4 Å². The van der Waals surface area contributed by atoms with E-state index >= 15 is 0 Å². The van der Waals surface area contributed by atoms with Crippen LogP contribution in [0.1, 0.15) is 12.8 Å². The normalized spacial score (nSPS) is 18.8. The third kappa shape index (κ3) is 2.85. The predicted molar refractivity (Wildman–Crippen MR) is 84.2 cm³/mol. The number of ether oxygens (including phenoxy) is 1.